The summed E-state index contributed by atoms with van der Waals surface area (Å²) in [5, 5.41) is 12.0. The van der Waals surface area contributed by atoms with Crippen LogP contribution in [-0.4, -0.2) is 28.4 Å². The third kappa shape index (κ3) is 2.81. The molecule has 0 fully saturated rings. The third-order valence-corrected chi connectivity index (χ3v) is 4.10. The van der Waals surface area contributed by atoms with Crippen LogP contribution >= 0.6 is 0 Å². The van der Waals surface area contributed by atoms with Crippen LogP contribution in [0.15, 0.2) is 49.0 Å². The summed E-state index contributed by atoms with van der Waals surface area (Å²) in [6, 6.07) is 12.5. The Morgan fingerprint density at radius 2 is 1.92 bits per heavy atom. The predicted molar refractivity (Wildman–Crippen MR) is 92.2 cm³/mol. The molecule has 0 aliphatic carbocycles. The van der Waals surface area contributed by atoms with Crippen LogP contribution in [0.1, 0.15) is 27.0 Å². The fourth-order valence-electron chi connectivity index (χ4n) is 2.74. The van der Waals surface area contributed by atoms with Gasteiger partial charge in [0.15, 0.2) is 0 Å². The summed E-state index contributed by atoms with van der Waals surface area (Å²) in [4.78, 5) is 26.1. The van der Waals surface area contributed by atoms with Gasteiger partial charge in [0, 0.05) is 22.5 Å². The second-order valence-electron chi connectivity index (χ2n) is 5.74. The largest absolute Gasteiger partial charge is 0.392 e. The second kappa shape index (κ2) is 6.29. The minimum atomic E-state index is -0.310. The van der Waals surface area contributed by atoms with Crippen molar-refractivity contribution in [1.29, 1.82) is 0 Å². The van der Waals surface area contributed by atoms with Gasteiger partial charge in [-0.2, -0.15) is 0 Å². The molecule has 5 nitrogen and oxygen atoms in total. The van der Waals surface area contributed by atoms with E-state index in [1.165, 1.54) is 4.90 Å². The number of rotatable bonds is 4. The third-order valence-electron chi connectivity index (χ3n) is 4.10. The van der Waals surface area contributed by atoms with Gasteiger partial charge < -0.3 is 10.4 Å². The number of aryl methyl sites for hydroxylation is 1. The molecule has 0 bridgehead atoms. The van der Waals surface area contributed by atoms with Crippen molar-refractivity contribution >= 4 is 23.2 Å². The average Bonchev–Trinajstić information content (AvgIpc) is 2.82. The van der Waals surface area contributed by atoms with Crippen molar-refractivity contribution < 1.29 is 14.7 Å². The van der Waals surface area contributed by atoms with Crippen molar-refractivity contribution in [2.45, 2.75) is 13.5 Å². The molecule has 0 spiro atoms. The maximum Gasteiger partial charge on any atom is 0.259 e. The first-order valence-electron chi connectivity index (χ1n) is 7.61. The lowest BCUT2D eigenvalue weighted by molar-refractivity contribution is -0.116. The van der Waals surface area contributed by atoms with Crippen LogP contribution in [0.5, 0.6) is 0 Å². The molecular formula is C19H18N2O3. The molecule has 1 aliphatic heterocycles. The summed E-state index contributed by atoms with van der Waals surface area (Å²) in [7, 11) is 0. The van der Waals surface area contributed by atoms with Gasteiger partial charge in [-0.05, 0) is 30.2 Å². The standard InChI is InChI=1S/C19H18N2O3/c1-12-7-8-14(11-22)9-17(12)20-18(23)10-21-13(2)15-5-3-4-6-16(15)19(21)24/h3-9,22H,2,10-11H2,1H3,(H,20,23). The minimum Gasteiger partial charge on any atom is -0.392 e. The van der Waals surface area contributed by atoms with E-state index in [2.05, 4.69) is 11.9 Å². The lowest BCUT2D eigenvalue weighted by atomic mass is 10.1. The van der Waals surface area contributed by atoms with E-state index >= 15 is 0 Å². The average molecular weight is 322 g/mol. The number of nitrogens with zero attached hydrogens (tertiary/aromatic N) is 1. The van der Waals surface area contributed by atoms with Gasteiger partial charge >= 0.3 is 0 Å². The molecule has 0 aromatic heterocycles. The first-order chi connectivity index (χ1) is 11.5. The fourth-order valence-corrected chi connectivity index (χ4v) is 2.74. The van der Waals surface area contributed by atoms with Gasteiger partial charge in [0.2, 0.25) is 5.91 Å². The zero-order valence-corrected chi connectivity index (χ0v) is 13.4. The van der Waals surface area contributed by atoms with E-state index < -0.39 is 0 Å². The number of carbonyl (C=O) groups excluding carboxylic acids is 2. The number of nitrogens with one attached hydrogen (secondary N) is 1. The van der Waals surface area contributed by atoms with E-state index in [1.807, 2.05) is 25.1 Å². The van der Waals surface area contributed by atoms with Gasteiger partial charge in [-0.15, -0.1) is 0 Å². The van der Waals surface area contributed by atoms with Crippen molar-refractivity contribution in [1.82, 2.24) is 4.90 Å². The topological polar surface area (TPSA) is 69.6 Å². The van der Waals surface area contributed by atoms with E-state index in [0.29, 0.717) is 22.5 Å². The highest BCUT2D eigenvalue weighted by Gasteiger charge is 2.31. The molecule has 0 unspecified atom stereocenters. The minimum absolute atomic E-state index is 0.0973. The second-order valence-corrected chi connectivity index (χ2v) is 5.74. The van der Waals surface area contributed by atoms with Crippen LogP contribution in [0.25, 0.3) is 5.70 Å². The Morgan fingerprint density at radius 3 is 2.58 bits per heavy atom. The fraction of sp³-hybridized carbons (Fsp3) is 0.158. The summed E-state index contributed by atoms with van der Waals surface area (Å²) in [5.74, 6) is -0.526. The summed E-state index contributed by atoms with van der Waals surface area (Å²) >= 11 is 0. The van der Waals surface area contributed by atoms with E-state index in [0.717, 1.165) is 11.1 Å². The molecule has 0 saturated carbocycles. The van der Waals surface area contributed by atoms with Crippen LogP contribution in [0.3, 0.4) is 0 Å². The van der Waals surface area contributed by atoms with Gasteiger partial charge in [0.05, 0.1) is 6.61 Å². The van der Waals surface area contributed by atoms with E-state index in [1.54, 1.807) is 24.3 Å². The predicted octanol–water partition coefficient (Wildman–Crippen LogP) is 2.55. The molecule has 2 N–H and O–H groups in total. The molecule has 0 saturated heterocycles. The summed E-state index contributed by atoms with van der Waals surface area (Å²) in [6.45, 7) is 5.59. The summed E-state index contributed by atoms with van der Waals surface area (Å²) in [6.07, 6.45) is 0. The number of aliphatic hydroxyl groups excluding tert-OH is 1. The Hall–Kier alpha value is -2.92. The van der Waals surface area contributed by atoms with Crippen LogP contribution in [0.2, 0.25) is 0 Å². The molecule has 2 aromatic carbocycles. The zero-order chi connectivity index (χ0) is 17.3. The highest BCUT2D eigenvalue weighted by atomic mass is 16.3. The molecule has 3 rings (SSSR count). The van der Waals surface area contributed by atoms with Crippen molar-refractivity contribution in [3.05, 3.63) is 71.3 Å². The number of aliphatic hydroxyl groups is 1. The number of amides is 2. The zero-order valence-electron chi connectivity index (χ0n) is 13.4. The smallest absolute Gasteiger partial charge is 0.259 e. The van der Waals surface area contributed by atoms with E-state index in [9.17, 15) is 14.7 Å². The van der Waals surface area contributed by atoms with Crippen molar-refractivity contribution in [2.75, 3.05) is 11.9 Å². The van der Waals surface area contributed by atoms with Crippen molar-refractivity contribution in [3.8, 4) is 0 Å². The Labute approximate surface area is 140 Å². The Kier molecular flexibility index (Phi) is 4.18. The van der Waals surface area contributed by atoms with E-state index in [4.69, 9.17) is 0 Å². The van der Waals surface area contributed by atoms with Gasteiger partial charge in [0.1, 0.15) is 6.54 Å². The highest BCUT2D eigenvalue weighted by Crippen LogP contribution is 2.30. The van der Waals surface area contributed by atoms with Gasteiger partial charge in [-0.1, -0.05) is 36.9 Å². The summed E-state index contributed by atoms with van der Waals surface area (Å²) < 4.78 is 0. The number of benzene rings is 2. The SMILES string of the molecule is C=C1c2ccccc2C(=O)N1CC(=O)Nc1cc(CO)ccc1C. The molecule has 5 heteroatoms. The highest BCUT2D eigenvalue weighted by molar-refractivity contribution is 6.11. The molecule has 24 heavy (non-hydrogen) atoms. The van der Waals surface area contributed by atoms with Crippen LogP contribution in [0.4, 0.5) is 5.69 Å². The molecule has 0 atom stereocenters. The summed E-state index contributed by atoms with van der Waals surface area (Å²) in [5.41, 5.74) is 4.08. The first kappa shape index (κ1) is 16.0. The lowest BCUT2D eigenvalue weighted by Crippen LogP contribution is -2.32. The Morgan fingerprint density at radius 1 is 1.21 bits per heavy atom. The van der Waals surface area contributed by atoms with Crippen molar-refractivity contribution in [2.24, 2.45) is 0 Å². The Balaban J connectivity index is 1.75. The van der Waals surface area contributed by atoms with Gasteiger partial charge in [-0.25, -0.2) is 0 Å². The number of anilines is 1. The maximum atomic E-state index is 12.4. The Bertz CT molecular complexity index is 807. The number of fused-ring (bicyclic) bond motifs is 1. The van der Waals surface area contributed by atoms with Crippen LogP contribution in [-0.2, 0) is 11.4 Å². The van der Waals surface area contributed by atoms with Crippen molar-refractivity contribution in [3.63, 3.8) is 0 Å². The lowest BCUT2D eigenvalue weighted by Gasteiger charge is -2.17. The first-order valence-corrected chi connectivity index (χ1v) is 7.61. The maximum absolute atomic E-state index is 12.4. The molecule has 1 heterocycles. The molecule has 2 aromatic rings. The number of hydrogen-bond donors (Lipinski definition) is 2. The molecule has 122 valence electrons. The number of hydrogen-bond acceptors (Lipinski definition) is 3. The molecule has 2 amide bonds. The monoisotopic (exact) mass is 322 g/mol. The quantitative estimate of drug-likeness (QED) is 0.909. The van der Waals surface area contributed by atoms with Gasteiger partial charge in [0.25, 0.3) is 5.91 Å². The normalized spacial score (nSPS) is 13.2. The van der Waals surface area contributed by atoms with E-state index in [-0.39, 0.29) is 25.0 Å². The molecular weight excluding hydrogens is 304 g/mol. The number of carbonyl (C=O) groups is 2. The van der Waals surface area contributed by atoms with Crippen LogP contribution in [0, 0.1) is 6.92 Å². The molecule has 1 aliphatic rings. The molecule has 0 radical (unpaired) electrons. The van der Waals surface area contributed by atoms with Gasteiger partial charge in [-0.3, -0.25) is 14.5 Å². The van der Waals surface area contributed by atoms with Crippen LogP contribution < -0.4 is 5.32 Å².